The van der Waals surface area contributed by atoms with Crippen molar-refractivity contribution in [1.82, 2.24) is 9.97 Å². The number of fused-ring (bicyclic) bond motifs is 5. The number of carboxylic acid groups (broad SMARTS) is 1. The molecule has 2 aromatic heterocycles. The van der Waals surface area contributed by atoms with Gasteiger partial charge in [-0.2, -0.15) is 0 Å². The molecule has 2 fully saturated rings. The van der Waals surface area contributed by atoms with E-state index in [1.54, 1.807) is 6.07 Å². The monoisotopic (exact) mass is 528 g/mol. The third-order valence-electron chi connectivity index (χ3n) is 10.3. The summed E-state index contributed by atoms with van der Waals surface area (Å²) in [5.74, 6) is 0.845. The first-order valence-corrected chi connectivity index (χ1v) is 14.1. The highest BCUT2D eigenvalue weighted by atomic mass is 16.7. The summed E-state index contributed by atoms with van der Waals surface area (Å²) in [4.78, 5) is 32.3. The van der Waals surface area contributed by atoms with Gasteiger partial charge in [-0.25, -0.2) is 9.59 Å². The van der Waals surface area contributed by atoms with Crippen LogP contribution in [0, 0.1) is 28.6 Å². The maximum absolute atomic E-state index is 12.5. The van der Waals surface area contributed by atoms with Crippen LogP contribution in [-0.2, 0) is 16.1 Å². The zero-order chi connectivity index (χ0) is 27.2. The maximum atomic E-state index is 12.5. The van der Waals surface area contributed by atoms with Crippen LogP contribution in [0.3, 0.4) is 0 Å². The topological polar surface area (TPSA) is 98.6 Å². The number of hydrogen-bond acceptors (Lipinski definition) is 6. The standard InChI is InChI=1S/C32H36N2O5/c1-31-13-11-22(39-30(37)38-19-28-24(29(35)36)6-4-16-34-28)17-21(31)7-8-23-26-10-9-25(20-5-3-15-33-18-20)32(26,2)14-12-27(23)31/h3-7,9,15-16,18,22-23,26-27H,8,10-14,17,19H2,1-2H3,(H,35,36)/t22-,23-,26-,27-,31-,32+/m0/s1. The average Bonchev–Trinajstić information content (AvgIpc) is 3.30. The van der Waals surface area contributed by atoms with Gasteiger partial charge in [0.15, 0.2) is 0 Å². The second kappa shape index (κ2) is 9.92. The molecular formula is C32H36N2O5. The Bertz CT molecular complexity index is 1340. The average molecular weight is 529 g/mol. The van der Waals surface area contributed by atoms with Gasteiger partial charge in [0, 0.05) is 25.0 Å². The molecule has 0 radical (unpaired) electrons. The lowest BCUT2D eigenvalue weighted by atomic mass is 9.47. The van der Waals surface area contributed by atoms with Crippen molar-refractivity contribution < 1.29 is 24.2 Å². The Kier molecular flexibility index (Phi) is 6.56. The summed E-state index contributed by atoms with van der Waals surface area (Å²) in [5.41, 5.74) is 4.74. The van der Waals surface area contributed by atoms with Crippen LogP contribution >= 0.6 is 0 Å². The summed E-state index contributed by atoms with van der Waals surface area (Å²) in [6, 6.07) is 7.23. The Balaban J connectivity index is 1.11. The van der Waals surface area contributed by atoms with Gasteiger partial charge in [-0.3, -0.25) is 9.97 Å². The largest absolute Gasteiger partial charge is 0.508 e. The van der Waals surface area contributed by atoms with E-state index >= 15 is 0 Å². The van der Waals surface area contributed by atoms with E-state index in [2.05, 4.69) is 42.0 Å². The second-order valence-electron chi connectivity index (χ2n) is 12.1. The number of carboxylic acids is 1. The molecule has 6 atom stereocenters. The third-order valence-corrected chi connectivity index (χ3v) is 10.3. The summed E-state index contributed by atoms with van der Waals surface area (Å²) >= 11 is 0. The number of nitrogens with zero attached hydrogens (tertiary/aromatic N) is 2. The Morgan fingerprint density at radius 2 is 1.85 bits per heavy atom. The highest BCUT2D eigenvalue weighted by Gasteiger charge is 2.57. The van der Waals surface area contributed by atoms with E-state index in [0.29, 0.717) is 17.8 Å². The van der Waals surface area contributed by atoms with Gasteiger partial charge in [0.25, 0.3) is 0 Å². The van der Waals surface area contributed by atoms with E-state index in [0.717, 1.165) is 32.1 Å². The number of aromatic nitrogens is 2. The van der Waals surface area contributed by atoms with E-state index in [4.69, 9.17) is 9.47 Å². The van der Waals surface area contributed by atoms with Crippen LogP contribution in [-0.4, -0.2) is 33.3 Å². The van der Waals surface area contributed by atoms with Crippen molar-refractivity contribution in [3.8, 4) is 0 Å². The molecular weight excluding hydrogens is 492 g/mol. The van der Waals surface area contributed by atoms with Gasteiger partial charge in [0.1, 0.15) is 12.7 Å². The van der Waals surface area contributed by atoms with Gasteiger partial charge < -0.3 is 14.6 Å². The fourth-order valence-corrected chi connectivity index (χ4v) is 8.31. The Morgan fingerprint density at radius 3 is 2.64 bits per heavy atom. The van der Waals surface area contributed by atoms with Crippen LogP contribution in [0.25, 0.3) is 5.57 Å². The van der Waals surface area contributed by atoms with E-state index in [1.165, 1.54) is 41.8 Å². The molecule has 2 aromatic rings. The van der Waals surface area contributed by atoms with Crippen LogP contribution in [0.4, 0.5) is 4.79 Å². The fourth-order valence-electron chi connectivity index (χ4n) is 8.31. The Morgan fingerprint density at radius 1 is 1.03 bits per heavy atom. The summed E-state index contributed by atoms with van der Waals surface area (Å²) in [7, 11) is 0. The zero-order valence-corrected chi connectivity index (χ0v) is 22.6. The van der Waals surface area contributed by atoms with Crippen molar-refractivity contribution in [2.75, 3.05) is 0 Å². The summed E-state index contributed by atoms with van der Waals surface area (Å²) in [5, 5.41) is 9.31. The molecule has 0 aliphatic heterocycles. The summed E-state index contributed by atoms with van der Waals surface area (Å²) < 4.78 is 11.0. The van der Waals surface area contributed by atoms with Gasteiger partial charge in [0.2, 0.25) is 0 Å². The third kappa shape index (κ3) is 4.46. The Hall–Kier alpha value is -3.48. The number of aromatic carboxylic acids is 1. The van der Waals surface area contributed by atoms with Gasteiger partial charge in [0.05, 0.1) is 11.3 Å². The molecule has 0 bridgehead atoms. The molecule has 6 rings (SSSR count). The number of hydrogen-bond donors (Lipinski definition) is 1. The van der Waals surface area contributed by atoms with Crippen molar-refractivity contribution in [2.45, 2.75) is 71.5 Å². The van der Waals surface area contributed by atoms with Crippen LogP contribution < -0.4 is 0 Å². The zero-order valence-electron chi connectivity index (χ0n) is 22.6. The summed E-state index contributed by atoms with van der Waals surface area (Å²) in [6.45, 7) is 4.68. The minimum absolute atomic E-state index is 0.0225. The normalized spacial score (nSPS) is 33.1. The predicted octanol–water partition coefficient (Wildman–Crippen LogP) is 6.85. The SMILES string of the molecule is C[C@]12CC[C@H](OC(=O)OCc3ncccc3C(=O)O)CC1=CC[C@@H]1[C@@H]2CC[C@]2(C)C(c3cccnc3)=CC[C@@H]12. The van der Waals surface area contributed by atoms with E-state index in [9.17, 15) is 14.7 Å². The maximum Gasteiger partial charge on any atom is 0.508 e. The smallest absolute Gasteiger partial charge is 0.478 e. The number of carbonyl (C=O) groups is 2. The highest BCUT2D eigenvalue weighted by Crippen LogP contribution is 2.66. The minimum atomic E-state index is -1.10. The molecule has 0 unspecified atom stereocenters. The molecule has 2 heterocycles. The number of pyridine rings is 2. The Labute approximate surface area is 229 Å². The molecule has 0 amide bonds. The number of ether oxygens (including phenoxy) is 2. The molecule has 4 aliphatic carbocycles. The van der Waals surface area contributed by atoms with Gasteiger partial charge in [-0.1, -0.05) is 37.6 Å². The van der Waals surface area contributed by atoms with Gasteiger partial charge in [-0.15, -0.1) is 0 Å². The fraction of sp³-hybridized carbons (Fsp3) is 0.500. The highest BCUT2D eigenvalue weighted by molar-refractivity contribution is 5.88. The first-order valence-electron chi connectivity index (χ1n) is 14.1. The lowest BCUT2D eigenvalue weighted by Crippen LogP contribution is -2.50. The molecule has 7 heteroatoms. The van der Waals surface area contributed by atoms with Crippen LogP contribution in [0.1, 0.15) is 80.4 Å². The molecule has 0 aromatic carbocycles. The number of rotatable bonds is 5. The quantitative estimate of drug-likeness (QED) is 0.335. The van der Waals surface area contributed by atoms with Gasteiger partial charge >= 0.3 is 12.1 Å². The lowest BCUT2D eigenvalue weighted by Gasteiger charge is -2.57. The van der Waals surface area contributed by atoms with E-state index in [-0.39, 0.29) is 34.8 Å². The molecule has 204 valence electrons. The lowest BCUT2D eigenvalue weighted by molar-refractivity contribution is -0.0371. The first-order chi connectivity index (χ1) is 18.8. The van der Waals surface area contributed by atoms with Crippen LogP contribution in [0.2, 0.25) is 0 Å². The second-order valence-corrected chi connectivity index (χ2v) is 12.1. The first kappa shape index (κ1) is 25.8. The van der Waals surface area contributed by atoms with Crippen molar-refractivity contribution in [3.63, 3.8) is 0 Å². The van der Waals surface area contributed by atoms with Crippen molar-refractivity contribution in [3.05, 3.63) is 77.4 Å². The van der Waals surface area contributed by atoms with Crippen molar-refractivity contribution in [2.24, 2.45) is 28.6 Å². The molecule has 0 saturated heterocycles. The van der Waals surface area contributed by atoms with Crippen LogP contribution in [0.15, 0.2) is 60.6 Å². The molecule has 2 saturated carbocycles. The van der Waals surface area contributed by atoms with Crippen molar-refractivity contribution in [1.29, 1.82) is 0 Å². The summed E-state index contributed by atoms with van der Waals surface area (Å²) in [6.07, 6.45) is 16.4. The van der Waals surface area contributed by atoms with Crippen molar-refractivity contribution >= 4 is 17.7 Å². The predicted molar refractivity (Wildman–Crippen MR) is 146 cm³/mol. The number of carbonyl (C=O) groups excluding carboxylic acids is 1. The van der Waals surface area contributed by atoms with E-state index in [1.807, 2.05) is 18.5 Å². The molecule has 4 aliphatic rings. The van der Waals surface area contributed by atoms with Gasteiger partial charge in [-0.05, 0) is 96.4 Å². The molecule has 0 spiro atoms. The molecule has 7 nitrogen and oxygen atoms in total. The number of allylic oxidation sites excluding steroid dienone is 3. The molecule has 1 N–H and O–H groups in total. The molecule has 39 heavy (non-hydrogen) atoms. The van der Waals surface area contributed by atoms with E-state index < -0.39 is 12.1 Å². The van der Waals surface area contributed by atoms with Crippen LogP contribution in [0.5, 0.6) is 0 Å². The minimum Gasteiger partial charge on any atom is -0.478 e.